The van der Waals surface area contributed by atoms with Gasteiger partial charge >= 0.3 is 5.97 Å². The Morgan fingerprint density at radius 3 is 2.27 bits per heavy atom. The number of amides is 1. The van der Waals surface area contributed by atoms with Crippen LogP contribution in [0.4, 0.5) is 11.4 Å². The van der Waals surface area contributed by atoms with Crippen LogP contribution >= 0.6 is 0 Å². The van der Waals surface area contributed by atoms with Crippen LogP contribution in [0.2, 0.25) is 0 Å². The van der Waals surface area contributed by atoms with Crippen molar-refractivity contribution in [3.05, 3.63) is 42.0 Å². The molecule has 0 radical (unpaired) electrons. The van der Waals surface area contributed by atoms with Crippen molar-refractivity contribution in [3.8, 4) is 17.2 Å². The molecule has 0 bridgehead atoms. The summed E-state index contributed by atoms with van der Waals surface area (Å²) in [6.45, 7) is -0.467. The second-order valence-electron chi connectivity index (χ2n) is 5.15. The Labute approximate surface area is 150 Å². The zero-order chi connectivity index (χ0) is 19.1. The number of nitrogen functional groups attached to an aromatic ring is 1. The summed E-state index contributed by atoms with van der Waals surface area (Å²) in [5.41, 5.74) is 6.67. The fourth-order valence-corrected chi connectivity index (χ4v) is 2.17. The monoisotopic (exact) mass is 360 g/mol. The highest BCUT2D eigenvalue weighted by Gasteiger charge is 2.14. The Hall–Kier alpha value is -3.42. The van der Waals surface area contributed by atoms with E-state index in [0.29, 0.717) is 28.6 Å². The number of carbonyl (C=O) groups excluding carboxylic acids is 2. The van der Waals surface area contributed by atoms with Crippen molar-refractivity contribution in [3.63, 3.8) is 0 Å². The van der Waals surface area contributed by atoms with Gasteiger partial charge in [-0.3, -0.25) is 4.79 Å². The van der Waals surface area contributed by atoms with Gasteiger partial charge in [-0.15, -0.1) is 0 Å². The van der Waals surface area contributed by atoms with Crippen LogP contribution in [0.1, 0.15) is 10.4 Å². The molecular weight excluding hydrogens is 340 g/mol. The van der Waals surface area contributed by atoms with Gasteiger partial charge in [0.25, 0.3) is 5.91 Å². The molecule has 0 unspecified atom stereocenters. The van der Waals surface area contributed by atoms with Crippen LogP contribution in [-0.4, -0.2) is 39.8 Å². The van der Waals surface area contributed by atoms with Gasteiger partial charge < -0.3 is 30.0 Å². The van der Waals surface area contributed by atoms with Crippen LogP contribution in [0, 0.1) is 0 Å². The zero-order valence-electron chi connectivity index (χ0n) is 14.7. The maximum atomic E-state index is 12.1. The molecule has 0 atom stereocenters. The smallest absolute Gasteiger partial charge is 0.338 e. The van der Waals surface area contributed by atoms with Gasteiger partial charge in [-0.1, -0.05) is 0 Å². The molecular formula is C18H20N2O6. The molecule has 0 aliphatic heterocycles. The van der Waals surface area contributed by atoms with E-state index < -0.39 is 18.5 Å². The number of esters is 1. The lowest BCUT2D eigenvalue weighted by Crippen LogP contribution is -2.21. The normalized spacial score (nSPS) is 9.96. The Morgan fingerprint density at radius 2 is 1.65 bits per heavy atom. The molecule has 138 valence electrons. The van der Waals surface area contributed by atoms with Gasteiger partial charge in [0.05, 0.1) is 38.3 Å². The van der Waals surface area contributed by atoms with E-state index in [0.717, 1.165) is 0 Å². The minimum Gasteiger partial charge on any atom is -0.497 e. The summed E-state index contributed by atoms with van der Waals surface area (Å²) in [6.07, 6.45) is 0. The highest BCUT2D eigenvalue weighted by atomic mass is 16.5. The second-order valence-corrected chi connectivity index (χ2v) is 5.15. The fourth-order valence-electron chi connectivity index (χ4n) is 2.17. The van der Waals surface area contributed by atoms with Crippen molar-refractivity contribution >= 4 is 23.3 Å². The zero-order valence-corrected chi connectivity index (χ0v) is 14.7. The van der Waals surface area contributed by atoms with Gasteiger partial charge in [-0.05, 0) is 30.3 Å². The largest absolute Gasteiger partial charge is 0.497 e. The molecule has 0 saturated carbocycles. The van der Waals surface area contributed by atoms with E-state index in [4.69, 9.17) is 24.7 Å². The quantitative estimate of drug-likeness (QED) is 0.575. The first-order valence-corrected chi connectivity index (χ1v) is 7.61. The van der Waals surface area contributed by atoms with Crippen LogP contribution in [0.5, 0.6) is 17.2 Å². The van der Waals surface area contributed by atoms with Gasteiger partial charge in [0.15, 0.2) is 6.61 Å². The van der Waals surface area contributed by atoms with Crippen LogP contribution < -0.4 is 25.3 Å². The minimum atomic E-state index is -0.674. The summed E-state index contributed by atoms with van der Waals surface area (Å²) in [4.78, 5) is 24.1. The maximum Gasteiger partial charge on any atom is 0.338 e. The van der Waals surface area contributed by atoms with E-state index in [2.05, 4.69) is 5.32 Å². The first-order chi connectivity index (χ1) is 12.5. The number of nitrogens with two attached hydrogens (primary N) is 1. The van der Waals surface area contributed by atoms with Crippen molar-refractivity contribution in [1.29, 1.82) is 0 Å². The van der Waals surface area contributed by atoms with E-state index in [-0.39, 0.29) is 5.56 Å². The molecule has 26 heavy (non-hydrogen) atoms. The highest BCUT2D eigenvalue weighted by molar-refractivity contribution is 5.97. The fraction of sp³-hybridized carbons (Fsp3) is 0.222. The number of ether oxygens (including phenoxy) is 4. The average Bonchev–Trinajstić information content (AvgIpc) is 2.65. The predicted octanol–water partition coefficient (Wildman–Crippen LogP) is 2.09. The van der Waals surface area contributed by atoms with Crippen LogP contribution in [0.25, 0.3) is 0 Å². The third-order valence-corrected chi connectivity index (χ3v) is 3.48. The number of hydrogen-bond acceptors (Lipinski definition) is 7. The third-order valence-electron chi connectivity index (χ3n) is 3.48. The molecule has 0 saturated heterocycles. The molecule has 8 nitrogen and oxygen atoms in total. The number of rotatable bonds is 7. The van der Waals surface area contributed by atoms with Crippen LogP contribution in [0.3, 0.4) is 0 Å². The van der Waals surface area contributed by atoms with Gasteiger partial charge in [0, 0.05) is 6.07 Å². The molecule has 0 aliphatic rings. The molecule has 8 heteroatoms. The van der Waals surface area contributed by atoms with E-state index in [1.807, 2.05) is 0 Å². The molecule has 2 aromatic rings. The molecule has 0 aromatic heterocycles. The molecule has 0 aliphatic carbocycles. The lowest BCUT2D eigenvalue weighted by atomic mass is 10.2. The molecule has 1 amide bonds. The SMILES string of the molecule is COc1ccc(OC)c(NC(=O)COC(=O)c2ccc(OC)c(N)c2)c1. The molecule has 3 N–H and O–H groups in total. The van der Waals surface area contributed by atoms with E-state index >= 15 is 0 Å². The maximum absolute atomic E-state index is 12.1. The Morgan fingerprint density at radius 1 is 0.962 bits per heavy atom. The topological polar surface area (TPSA) is 109 Å². The standard InChI is InChI=1S/C18H20N2O6/c1-23-12-5-7-16(25-3)14(9-12)20-17(21)10-26-18(22)11-4-6-15(24-2)13(19)8-11/h4-9H,10,19H2,1-3H3,(H,20,21). The molecule has 0 fully saturated rings. The van der Waals surface area contributed by atoms with Gasteiger partial charge in [-0.2, -0.15) is 0 Å². The van der Waals surface area contributed by atoms with E-state index in [9.17, 15) is 9.59 Å². The van der Waals surface area contributed by atoms with E-state index in [1.54, 1.807) is 24.3 Å². The lowest BCUT2D eigenvalue weighted by Gasteiger charge is -2.12. The number of anilines is 2. The first-order valence-electron chi connectivity index (χ1n) is 7.61. The summed E-state index contributed by atoms with van der Waals surface area (Å²) in [7, 11) is 4.46. The first kappa shape index (κ1) is 18.9. The second kappa shape index (κ2) is 8.61. The highest BCUT2D eigenvalue weighted by Crippen LogP contribution is 2.28. The Bertz CT molecular complexity index is 806. The summed E-state index contributed by atoms with van der Waals surface area (Å²) in [5, 5.41) is 2.61. The average molecular weight is 360 g/mol. The number of methoxy groups -OCH3 is 3. The summed E-state index contributed by atoms with van der Waals surface area (Å²) in [6, 6.07) is 9.42. The van der Waals surface area contributed by atoms with Gasteiger partial charge in [-0.25, -0.2) is 4.79 Å². The Balaban J connectivity index is 1.98. The summed E-state index contributed by atoms with van der Waals surface area (Å²) >= 11 is 0. The number of carbonyl (C=O) groups is 2. The summed E-state index contributed by atoms with van der Waals surface area (Å²) < 4.78 is 20.3. The van der Waals surface area contributed by atoms with Crippen molar-refractivity contribution < 1.29 is 28.5 Å². The predicted molar refractivity (Wildman–Crippen MR) is 95.9 cm³/mol. The number of hydrogen-bond donors (Lipinski definition) is 2. The number of nitrogens with one attached hydrogen (secondary N) is 1. The van der Waals surface area contributed by atoms with Crippen LogP contribution in [-0.2, 0) is 9.53 Å². The number of benzene rings is 2. The molecule has 2 rings (SSSR count). The molecule has 0 spiro atoms. The van der Waals surface area contributed by atoms with Crippen molar-refractivity contribution in [1.82, 2.24) is 0 Å². The summed E-state index contributed by atoms with van der Waals surface area (Å²) in [5.74, 6) is 0.253. The van der Waals surface area contributed by atoms with Crippen molar-refractivity contribution in [2.45, 2.75) is 0 Å². The minimum absolute atomic E-state index is 0.218. The van der Waals surface area contributed by atoms with E-state index in [1.165, 1.54) is 33.5 Å². The lowest BCUT2D eigenvalue weighted by molar-refractivity contribution is -0.119. The Kier molecular flexibility index (Phi) is 6.26. The molecule has 0 heterocycles. The van der Waals surface area contributed by atoms with Gasteiger partial charge in [0.2, 0.25) is 0 Å². The van der Waals surface area contributed by atoms with Crippen LogP contribution in [0.15, 0.2) is 36.4 Å². The van der Waals surface area contributed by atoms with Gasteiger partial charge in [0.1, 0.15) is 17.2 Å². The van der Waals surface area contributed by atoms with Crippen molar-refractivity contribution in [2.24, 2.45) is 0 Å². The van der Waals surface area contributed by atoms with Crippen molar-refractivity contribution in [2.75, 3.05) is 39.0 Å². The molecule has 2 aromatic carbocycles. The third kappa shape index (κ3) is 4.56.